The summed E-state index contributed by atoms with van der Waals surface area (Å²) < 4.78 is 0. The Labute approximate surface area is 313 Å². The highest BCUT2D eigenvalue weighted by molar-refractivity contribution is 5.91. The number of hydrogen-bond donors (Lipinski definition) is 0. The summed E-state index contributed by atoms with van der Waals surface area (Å²) in [6.07, 6.45) is 13.7. The molecule has 0 heterocycles. The molecule has 10 rings (SSSR count). The monoisotopic (exact) mass is 679 g/mol. The summed E-state index contributed by atoms with van der Waals surface area (Å²) in [6, 6.07) is 53.5. The minimum Gasteiger partial charge on any atom is -0.317 e. The molecule has 0 aromatic heterocycles. The number of rotatable bonds is 6. The molecule has 6 aromatic rings. The Hall–Kier alpha value is -6.18. The van der Waals surface area contributed by atoms with E-state index in [1.807, 2.05) is 0 Å². The Morgan fingerprint density at radius 2 is 1.19 bits per heavy atom. The van der Waals surface area contributed by atoms with Gasteiger partial charge in [-0.25, -0.2) is 0 Å². The Bertz CT molecular complexity index is 2560. The summed E-state index contributed by atoms with van der Waals surface area (Å²) in [5, 5.41) is 0. The van der Waals surface area contributed by atoms with Crippen LogP contribution in [0.5, 0.6) is 0 Å². The summed E-state index contributed by atoms with van der Waals surface area (Å²) in [6.45, 7) is 9.26. The molecule has 0 amide bonds. The van der Waals surface area contributed by atoms with Crippen molar-refractivity contribution in [2.75, 3.05) is 4.90 Å². The minimum atomic E-state index is -0.392. The quantitative estimate of drug-likeness (QED) is 0.169. The fourth-order valence-corrected chi connectivity index (χ4v) is 9.92. The van der Waals surface area contributed by atoms with Crippen molar-refractivity contribution in [2.24, 2.45) is 0 Å². The second kappa shape index (κ2) is 11.9. The maximum atomic E-state index is 4.53. The highest BCUT2D eigenvalue weighted by Gasteiger charge is 2.52. The molecule has 6 aromatic carbocycles. The lowest BCUT2D eigenvalue weighted by Crippen LogP contribution is -2.27. The molecule has 1 nitrogen and oxygen atoms in total. The maximum absolute atomic E-state index is 4.53. The third kappa shape index (κ3) is 4.44. The molecule has 0 radical (unpaired) electrons. The van der Waals surface area contributed by atoms with E-state index in [4.69, 9.17) is 0 Å². The molecule has 4 aliphatic rings. The second-order valence-electron chi connectivity index (χ2n) is 15.2. The average Bonchev–Trinajstić information content (AvgIpc) is 3.76. The molecule has 1 heteroatoms. The van der Waals surface area contributed by atoms with Gasteiger partial charge in [-0.1, -0.05) is 166 Å². The van der Waals surface area contributed by atoms with Gasteiger partial charge in [0, 0.05) is 22.9 Å². The van der Waals surface area contributed by atoms with E-state index in [1.165, 1.54) is 77.9 Å². The highest BCUT2D eigenvalue weighted by atomic mass is 15.1. The SMILES string of the molecule is C=CC1=C(/C=C\N(c2ccc3c(c2)C(C)(C)c2ccccc2-3)c2ccccc2-c2ccccc2)C2=C(C=CCC2)C12c1ccccc1-c1ccccc12. The predicted molar refractivity (Wildman–Crippen MR) is 222 cm³/mol. The molecule has 0 fully saturated rings. The van der Waals surface area contributed by atoms with Gasteiger partial charge in [0.05, 0.1) is 11.1 Å². The van der Waals surface area contributed by atoms with E-state index in [9.17, 15) is 0 Å². The minimum absolute atomic E-state index is 0.107. The third-order valence-corrected chi connectivity index (χ3v) is 12.2. The standard InChI is InChI=1S/C52H41N/c1-4-44-43(41-24-11-16-28-48(41)52(44)46-26-14-9-22-39(46)40-23-10-15-27-47(40)52)32-33-53(50-29-17-12-20-37(50)35-18-6-5-7-19-35)36-30-31-42-38-21-8-13-25-45(38)51(2,3)49(42)34-36/h4-10,12-23,25-34H,1,11,24H2,2-3H3/b33-32-. The first-order chi connectivity index (χ1) is 26.0. The molecule has 0 saturated heterocycles. The van der Waals surface area contributed by atoms with E-state index >= 15 is 0 Å². The normalized spacial score (nSPS) is 16.8. The summed E-state index contributed by atoms with van der Waals surface area (Å²) in [5.74, 6) is 0. The smallest absolute Gasteiger partial charge is 0.0722 e. The van der Waals surface area contributed by atoms with Crippen LogP contribution in [-0.4, -0.2) is 0 Å². The summed E-state index contributed by atoms with van der Waals surface area (Å²) in [7, 11) is 0. The molecular weight excluding hydrogens is 639 g/mol. The Kier molecular flexibility index (Phi) is 7.10. The van der Waals surface area contributed by atoms with Gasteiger partial charge in [-0.3, -0.25) is 0 Å². The van der Waals surface area contributed by atoms with Crippen LogP contribution in [0.3, 0.4) is 0 Å². The number of hydrogen-bond acceptors (Lipinski definition) is 1. The van der Waals surface area contributed by atoms with Gasteiger partial charge >= 0.3 is 0 Å². The molecule has 53 heavy (non-hydrogen) atoms. The van der Waals surface area contributed by atoms with Crippen molar-refractivity contribution >= 4 is 11.4 Å². The first kappa shape index (κ1) is 31.5. The molecule has 0 N–H and O–H groups in total. The van der Waals surface area contributed by atoms with Gasteiger partial charge in [-0.15, -0.1) is 0 Å². The highest BCUT2D eigenvalue weighted by Crippen LogP contribution is 2.63. The molecule has 0 aliphatic heterocycles. The molecule has 0 bridgehead atoms. The molecule has 1 spiro atoms. The largest absolute Gasteiger partial charge is 0.317 e. The third-order valence-electron chi connectivity index (χ3n) is 12.2. The Morgan fingerprint density at radius 1 is 0.604 bits per heavy atom. The van der Waals surface area contributed by atoms with Crippen LogP contribution < -0.4 is 4.90 Å². The van der Waals surface area contributed by atoms with E-state index in [1.54, 1.807) is 0 Å². The van der Waals surface area contributed by atoms with Crippen LogP contribution in [0.1, 0.15) is 48.9 Å². The van der Waals surface area contributed by atoms with Crippen molar-refractivity contribution in [2.45, 2.75) is 37.5 Å². The summed E-state index contributed by atoms with van der Waals surface area (Å²) >= 11 is 0. The number of allylic oxidation sites excluding steroid dienone is 8. The number of benzene rings is 6. The van der Waals surface area contributed by atoms with Crippen LogP contribution in [0.4, 0.5) is 11.4 Å². The summed E-state index contributed by atoms with van der Waals surface area (Å²) in [4.78, 5) is 2.41. The van der Waals surface area contributed by atoms with E-state index < -0.39 is 5.41 Å². The van der Waals surface area contributed by atoms with E-state index in [0.717, 1.165) is 24.2 Å². The lowest BCUT2D eigenvalue weighted by molar-refractivity contribution is 0.660. The van der Waals surface area contributed by atoms with Crippen molar-refractivity contribution in [3.63, 3.8) is 0 Å². The van der Waals surface area contributed by atoms with Crippen molar-refractivity contribution in [3.05, 3.63) is 227 Å². The topological polar surface area (TPSA) is 3.24 Å². The van der Waals surface area contributed by atoms with Crippen molar-refractivity contribution < 1.29 is 0 Å². The number of fused-ring (bicyclic) bond motifs is 9. The molecule has 4 aliphatic carbocycles. The van der Waals surface area contributed by atoms with Crippen molar-refractivity contribution in [1.29, 1.82) is 0 Å². The fraction of sp³-hybridized carbons (Fsp3) is 0.115. The first-order valence-electron chi connectivity index (χ1n) is 18.9. The van der Waals surface area contributed by atoms with Crippen LogP contribution in [0.25, 0.3) is 33.4 Å². The first-order valence-corrected chi connectivity index (χ1v) is 18.9. The zero-order chi connectivity index (χ0) is 35.7. The number of para-hydroxylation sites is 1. The van der Waals surface area contributed by atoms with E-state index in [0.29, 0.717) is 0 Å². The van der Waals surface area contributed by atoms with Gasteiger partial charge in [0.25, 0.3) is 0 Å². The lowest BCUT2D eigenvalue weighted by Gasteiger charge is -2.33. The van der Waals surface area contributed by atoms with Gasteiger partial charge in [0.2, 0.25) is 0 Å². The molecule has 0 saturated carbocycles. The van der Waals surface area contributed by atoms with E-state index in [2.05, 4.69) is 201 Å². The van der Waals surface area contributed by atoms with Gasteiger partial charge < -0.3 is 4.90 Å². The van der Waals surface area contributed by atoms with Gasteiger partial charge in [-0.05, 0) is 109 Å². The molecule has 254 valence electrons. The predicted octanol–water partition coefficient (Wildman–Crippen LogP) is 13.4. The Balaban J connectivity index is 1.20. The van der Waals surface area contributed by atoms with Crippen LogP contribution in [0.15, 0.2) is 205 Å². The van der Waals surface area contributed by atoms with Crippen LogP contribution >= 0.6 is 0 Å². The molecule has 0 atom stereocenters. The average molecular weight is 680 g/mol. The molecule has 0 unspecified atom stereocenters. The lowest BCUT2D eigenvalue weighted by atomic mass is 9.68. The number of nitrogens with zero attached hydrogens (tertiary/aromatic N) is 1. The second-order valence-corrected chi connectivity index (χ2v) is 15.2. The van der Waals surface area contributed by atoms with Gasteiger partial charge in [0.15, 0.2) is 0 Å². The van der Waals surface area contributed by atoms with Crippen molar-refractivity contribution in [3.8, 4) is 33.4 Å². The Morgan fingerprint density at radius 3 is 1.89 bits per heavy atom. The summed E-state index contributed by atoms with van der Waals surface area (Å²) in [5.41, 5.74) is 20.3. The van der Waals surface area contributed by atoms with Gasteiger partial charge in [-0.2, -0.15) is 0 Å². The fourth-order valence-electron chi connectivity index (χ4n) is 9.92. The van der Waals surface area contributed by atoms with Gasteiger partial charge in [0.1, 0.15) is 0 Å². The zero-order valence-corrected chi connectivity index (χ0v) is 30.3. The van der Waals surface area contributed by atoms with Crippen molar-refractivity contribution in [1.82, 2.24) is 0 Å². The maximum Gasteiger partial charge on any atom is 0.0722 e. The zero-order valence-electron chi connectivity index (χ0n) is 30.3. The van der Waals surface area contributed by atoms with Crippen LogP contribution in [0, 0.1) is 0 Å². The number of anilines is 2. The van der Waals surface area contributed by atoms with Crippen LogP contribution in [0.2, 0.25) is 0 Å². The van der Waals surface area contributed by atoms with Crippen LogP contribution in [-0.2, 0) is 10.8 Å². The van der Waals surface area contributed by atoms with E-state index in [-0.39, 0.29) is 5.41 Å². The molecular formula is C52H41N.